The van der Waals surface area contributed by atoms with Crippen molar-refractivity contribution in [1.29, 1.82) is 0 Å². The maximum atomic E-state index is 12.8. The molecule has 0 spiro atoms. The number of ether oxygens (including phenoxy) is 1. The standard InChI is InChI=1S/C26H27N5O2/c1-4-18-7-6-8-20(13-18)29-26-21-15-23(24(33-3)16-22(21)27-17-28-26)30-25(32)14-19-9-11-31(5-2)12-10-19/h1,6-8,13-17H,5,9-12H2,2-3H3,(H,30,32)(H,27,28,29). The fourth-order valence-electron chi connectivity index (χ4n) is 3.93. The summed E-state index contributed by atoms with van der Waals surface area (Å²) in [4.78, 5) is 23.9. The van der Waals surface area contributed by atoms with E-state index in [0.29, 0.717) is 22.8 Å². The van der Waals surface area contributed by atoms with Crippen molar-refractivity contribution >= 4 is 34.0 Å². The Balaban J connectivity index is 1.61. The molecule has 1 aliphatic rings. The number of hydrogen-bond donors (Lipinski definition) is 2. The fourth-order valence-corrected chi connectivity index (χ4v) is 3.93. The van der Waals surface area contributed by atoms with E-state index in [0.717, 1.165) is 54.7 Å². The lowest BCUT2D eigenvalue weighted by molar-refractivity contribution is -0.112. The number of amides is 1. The molecular formula is C26H27N5O2. The van der Waals surface area contributed by atoms with Crippen molar-refractivity contribution in [2.24, 2.45) is 0 Å². The smallest absolute Gasteiger partial charge is 0.248 e. The minimum Gasteiger partial charge on any atom is -0.494 e. The van der Waals surface area contributed by atoms with Crippen LogP contribution in [0, 0.1) is 12.3 Å². The lowest BCUT2D eigenvalue weighted by atomic mass is 10.0. The number of anilines is 3. The highest BCUT2D eigenvalue weighted by Crippen LogP contribution is 2.33. The van der Waals surface area contributed by atoms with E-state index in [4.69, 9.17) is 11.2 Å². The highest BCUT2D eigenvalue weighted by molar-refractivity contribution is 6.04. The van der Waals surface area contributed by atoms with Gasteiger partial charge in [0, 0.05) is 41.9 Å². The first-order valence-electron chi connectivity index (χ1n) is 11.0. The average molecular weight is 442 g/mol. The summed E-state index contributed by atoms with van der Waals surface area (Å²) >= 11 is 0. The number of likely N-dealkylation sites (tertiary alicyclic amines) is 1. The third kappa shape index (κ3) is 5.30. The topological polar surface area (TPSA) is 79.4 Å². The van der Waals surface area contributed by atoms with Crippen LogP contribution in [-0.4, -0.2) is 47.5 Å². The number of fused-ring (bicyclic) bond motifs is 1. The molecule has 2 heterocycles. The first-order chi connectivity index (χ1) is 16.1. The van der Waals surface area contributed by atoms with E-state index in [1.807, 2.05) is 30.3 Å². The summed E-state index contributed by atoms with van der Waals surface area (Å²) in [6.45, 7) is 5.18. The van der Waals surface area contributed by atoms with E-state index in [9.17, 15) is 4.79 Å². The van der Waals surface area contributed by atoms with Gasteiger partial charge in [0.05, 0.1) is 18.3 Å². The van der Waals surface area contributed by atoms with Crippen molar-refractivity contribution < 1.29 is 9.53 Å². The second-order valence-electron chi connectivity index (χ2n) is 7.87. The summed E-state index contributed by atoms with van der Waals surface area (Å²) in [5.74, 6) is 3.61. The van der Waals surface area contributed by atoms with Crippen LogP contribution in [0.5, 0.6) is 5.75 Å². The Morgan fingerprint density at radius 1 is 1.24 bits per heavy atom. The lowest BCUT2D eigenvalue weighted by Crippen LogP contribution is -2.30. The summed E-state index contributed by atoms with van der Waals surface area (Å²) in [5.41, 5.74) is 4.01. The Morgan fingerprint density at radius 2 is 2.06 bits per heavy atom. The monoisotopic (exact) mass is 441 g/mol. The van der Waals surface area contributed by atoms with Gasteiger partial charge in [-0.1, -0.05) is 24.5 Å². The molecule has 33 heavy (non-hydrogen) atoms. The molecule has 1 saturated heterocycles. The number of benzene rings is 2. The number of hydrogen-bond acceptors (Lipinski definition) is 6. The Morgan fingerprint density at radius 3 is 2.79 bits per heavy atom. The second kappa shape index (κ2) is 10.2. The number of methoxy groups -OCH3 is 1. The summed E-state index contributed by atoms with van der Waals surface area (Å²) < 4.78 is 5.52. The predicted octanol–water partition coefficient (Wildman–Crippen LogP) is 4.34. The van der Waals surface area contributed by atoms with Crippen molar-refractivity contribution in [2.45, 2.75) is 19.8 Å². The molecule has 1 aromatic heterocycles. The van der Waals surface area contributed by atoms with E-state index >= 15 is 0 Å². The normalized spacial score (nSPS) is 13.9. The molecule has 0 radical (unpaired) electrons. The zero-order chi connectivity index (χ0) is 23.2. The number of nitrogens with zero attached hydrogens (tertiary/aromatic N) is 3. The van der Waals surface area contributed by atoms with E-state index in [-0.39, 0.29) is 5.91 Å². The van der Waals surface area contributed by atoms with Crippen LogP contribution < -0.4 is 15.4 Å². The van der Waals surface area contributed by atoms with Gasteiger partial charge in [0.15, 0.2) is 0 Å². The first-order valence-corrected chi connectivity index (χ1v) is 11.0. The van der Waals surface area contributed by atoms with Crippen molar-refractivity contribution in [3.8, 4) is 18.1 Å². The summed E-state index contributed by atoms with van der Waals surface area (Å²) in [6, 6.07) is 11.2. The molecule has 0 aliphatic carbocycles. The Bertz CT molecular complexity index is 1240. The molecule has 1 amide bonds. The molecule has 2 N–H and O–H groups in total. The molecule has 0 unspecified atom stereocenters. The largest absolute Gasteiger partial charge is 0.494 e. The average Bonchev–Trinajstić information content (AvgIpc) is 2.84. The number of aromatic nitrogens is 2. The molecule has 0 bridgehead atoms. The molecular weight excluding hydrogens is 414 g/mol. The molecule has 1 fully saturated rings. The Labute approximate surface area is 193 Å². The van der Waals surface area contributed by atoms with Gasteiger partial charge in [0.2, 0.25) is 5.91 Å². The van der Waals surface area contributed by atoms with Gasteiger partial charge in [0.25, 0.3) is 0 Å². The number of terminal acetylenes is 1. The highest BCUT2D eigenvalue weighted by Gasteiger charge is 2.15. The van der Waals surface area contributed by atoms with Gasteiger partial charge in [-0.25, -0.2) is 9.97 Å². The van der Waals surface area contributed by atoms with E-state index < -0.39 is 0 Å². The number of rotatable bonds is 6. The van der Waals surface area contributed by atoms with Crippen LogP contribution in [0.3, 0.4) is 0 Å². The highest BCUT2D eigenvalue weighted by atomic mass is 16.5. The SMILES string of the molecule is C#Cc1cccc(Nc2ncnc3cc(OC)c(NC(=O)C=C4CCN(CC)CC4)cc23)c1. The third-order valence-corrected chi connectivity index (χ3v) is 5.79. The maximum Gasteiger partial charge on any atom is 0.248 e. The number of piperidine rings is 1. The fraction of sp³-hybridized carbons (Fsp3) is 0.269. The molecule has 7 heteroatoms. The van der Waals surface area contributed by atoms with Crippen LogP contribution in [0.1, 0.15) is 25.3 Å². The lowest BCUT2D eigenvalue weighted by Gasteiger charge is -2.26. The zero-order valence-corrected chi connectivity index (χ0v) is 18.9. The van der Waals surface area contributed by atoms with Crippen LogP contribution in [-0.2, 0) is 4.79 Å². The van der Waals surface area contributed by atoms with E-state index in [2.05, 4.69) is 38.3 Å². The van der Waals surface area contributed by atoms with Gasteiger partial charge in [-0.05, 0) is 43.7 Å². The van der Waals surface area contributed by atoms with Crippen LogP contribution >= 0.6 is 0 Å². The molecule has 0 saturated carbocycles. The van der Waals surface area contributed by atoms with Crippen LogP contribution in [0.2, 0.25) is 0 Å². The minimum absolute atomic E-state index is 0.166. The van der Waals surface area contributed by atoms with E-state index in [1.54, 1.807) is 19.3 Å². The maximum absolute atomic E-state index is 12.8. The van der Waals surface area contributed by atoms with Gasteiger partial charge >= 0.3 is 0 Å². The number of nitrogens with one attached hydrogen (secondary N) is 2. The van der Waals surface area contributed by atoms with Gasteiger partial charge in [-0.2, -0.15) is 0 Å². The van der Waals surface area contributed by atoms with Crippen molar-refractivity contribution in [2.75, 3.05) is 37.4 Å². The quantitative estimate of drug-likeness (QED) is 0.438. The molecule has 1 aliphatic heterocycles. The molecule has 0 atom stereocenters. The number of carbonyl (C=O) groups is 1. The molecule has 3 aromatic rings. The summed E-state index contributed by atoms with van der Waals surface area (Å²) in [7, 11) is 1.57. The van der Waals surface area contributed by atoms with Crippen molar-refractivity contribution in [1.82, 2.24) is 14.9 Å². The predicted molar refractivity (Wildman–Crippen MR) is 132 cm³/mol. The van der Waals surface area contributed by atoms with Gasteiger partial charge in [0.1, 0.15) is 17.9 Å². The zero-order valence-electron chi connectivity index (χ0n) is 18.9. The molecule has 7 nitrogen and oxygen atoms in total. The Hall–Kier alpha value is -3.89. The van der Waals surface area contributed by atoms with Crippen LogP contribution in [0.4, 0.5) is 17.2 Å². The summed E-state index contributed by atoms with van der Waals surface area (Å²) in [5, 5.41) is 7.02. The van der Waals surface area contributed by atoms with Crippen LogP contribution in [0.15, 0.2) is 54.4 Å². The van der Waals surface area contributed by atoms with Crippen molar-refractivity contribution in [3.05, 3.63) is 59.9 Å². The van der Waals surface area contributed by atoms with Gasteiger partial charge < -0.3 is 20.3 Å². The Kier molecular flexibility index (Phi) is 6.86. The van der Waals surface area contributed by atoms with Gasteiger partial charge in [-0.3, -0.25) is 4.79 Å². The molecule has 4 rings (SSSR count). The number of carbonyl (C=O) groups excluding carboxylic acids is 1. The van der Waals surface area contributed by atoms with Gasteiger partial charge in [-0.15, -0.1) is 6.42 Å². The third-order valence-electron chi connectivity index (χ3n) is 5.79. The first kappa shape index (κ1) is 22.3. The van der Waals surface area contributed by atoms with E-state index in [1.165, 1.54) is 6.33 Å². The second-order valence-corrected chi connectivity index (χ2v) is 7.87. The van der Waals surface area contributed by atoms with Crippen molar-refractivity contribution in [3.63, 3.8) is 0 Å². The summed E-state index contributed by atoms with van der Waals surface area (Å²) in [6.07, 6.45) is 10.5. The van der Waals surface area contributed by atoms with Crippen LogP contribution in [0.25, 0.3) is 10.9 Å². The molecule has 2 aromatic carbocycles. The molecule has 168 valence electrons. The minimum atomic E-state index is -0.166.